The molecule has 4 heteroatoms. The summed E-state index contributed by atoms with van der Waals surface area (Å²) in [6.45, 7) is 5.57. The maximum atomic E-state index is 12.2. The Balaban J connectivity index is 2.49. The Morgan fingerprint density at radius 3 is 2.47 bits per heavy atom. The molecular weight excluding hydrogens is 216 g/mol. The Kier molecular flexibility index (Phi) is 2.65. The highest BCUT2D eigenvalue weighted by molar-refractivity contribution is 6.11. The van der Waals surface area contributed by atoms with Gasteiger partial charge in [0.05, 0.1) is 11.3 Å². The van der Waals surface area contributed by atoms with Crippen molar-refractivity contribution in [2.45, 2.75) is 26.3 Å². The van der Waals surface area contributed by atoms with E-state index in [-0.39, 0.29) is 17.7 Å². The van der Waals surface area contributed by atoms with E-state index in [4.69, 9.17) is 0 Å². The van der Waals surface area contributed by atoms with Gasteiger partial charge in [0.15, 0.2) is 0 Å². The molecule has 0 spiro atoms. The summed E-state index contributed by atoms with van der Waals surface area (Å²) in [5, 5.41) is 5.61. The summed E-state index contributed by atoms with van der Waals surface area (Å²) < 4.78 is 0. The first kappa shape index (κ1) is 11.6. The standard InChI is InChI=1S/C13H16N2O2/c1-8(2)13(3)12(17)14-10-7-5-4-6-9(10)11(16)15-13/h4-8H,1-3H3,(H,14,17)(H,15,16). The van der Waals surface area contributed by atoms with Gasteiger partial charge in [-0.1, -0.05) is 26.0 Å². The molecule has 1 aliphatic heterocycles. The van der Waals surface area contributed by atoms with E-state index in [0.717, 1.165) is 0 Å². The molecule has 0 fully saturated rings. The van der Waals surface area contributed by atoms with Crippen LogP contribution in [-0.4, -0.2) is 17.4 Å². The summed E-state index contributed by atoms with van der Waals surface area (Å²) in [5.74, 6) is -0.373. The van der Waals surface area contributed by atoms with E-state index in [0.29, 0.717) is 11.3 Å². The molecular formula is C13H16N2O2. The van der Waals surface area contributed by atoms with Crippen LogP contribution in [0, 0.1) is 5.92 Å². The molecule has 0 saturated heterocycles. The summed E-state index contributed by atoms with van der Waals surface area (Å²) in [4.78, 5) is 24.2. The molecule has 1 aromatic rings. The van der Waals surface area contributed by atoms with Crippen molar-refractivity contribution >= 4 is 17.5 Å². The van der Waals surface area contributed by atoms with Gasteiger partial charge in [0.25, 0.3) is 5.91 Å². The number of rotatable bonds is 1. The van der Waals surface area contributed by atoms with E-state index in [1.54, 1.807) is 31.2 Å². The van der Waals surface area contributed by atoms with Crippen LogP contribution in [0.1, 0.15) is 31.1 Å². The normalized spacial score (nSPS) is 23.8. The third kappa shape index (κ3) is 1.79. The number of carbonyl (C=O) groups is 2. The lowest BCUT2D eigenvalue weighted by Gasteiger charge is -2.31. The summed E-state index contributed by atoms with van der Waals surface area (Å²) in [5.41, 5.74) is 0.195. The van der Waals surface area contributed by atoms with E-state index in [1.807, 2.05) is 13.8 Å². The van der Waals surface area contributed by atoms with Gasteiger partial charge in [-0.05, 0) is 25.0 Å². The number of carbonyl (C=O) groups excluding carboxylic acids is 2. The van der Waals surface area contributed by atoms with Crippen molar-refractivity contribution in [3.8, 4) is 0 Å². The molecule has 1 aromatic carbocycles. The molecule has 1 aliphatic rings. The van der Waals surface area contributed by atoms with Gasteiger partial charge in [-0.15, -0.1) is 0 Å². The van der Waals surface area contributed by atoms with Gasteiger partial charge in [0, 0.05) is 0 Å². The summed E-state index contributed by atoms with van der Waals surface area (Å²) >= 11 is 0. The van der Waals surface area contributed by atoms with Crippen molar-refractivity contribution in [1.29, 1.82) is 0 Å². The van der Waals surface area contributed by atoms with Crippen molar-refractivity contribution in [2.75, 3.05) is 5.32 Å². The molecule has 1 atom stereocenters. The molecule has 17 heavy (non-hydrogen) atoms. The molecule has 0 aromatic heterocycles. The number of amides is 2. The summed E-state index contributed by atoms with van der Waals surface area (Å²) in [6, 6.07) is 7.02. The maximum absolute atomic E-state index is 12.2. The van der Waals surface area contributed by atoms with Gasteiger partial charge in [-0.25, -0.2) is 0 Å². The smallest absolute Gasteiger partial charge is 0.254 e. The number of hydrogen-bond donors (Lipinski definition) is 2. The first-order valence-electron chi connectivity index (χ1n) is 5.68. The molecule has 2 rings (SSSR count). The highest BCUT2D eigenvalue weighted by Crippen LogP contribution is 2.26. The average Bonchev–Trinajstić information content (AvgIpc) is 2.37. The number of fused-ring (bicyclic) bond motifs is 1. The zero-order chi connectivity index (χ0) is 12.6. The van der Waals surface area contributed by atoms with Crippen LogP contribution in [0.4, 0.5) is 5.69 Å². The van der Waals surface area contributed by atoms with Gasteiger partial charge in [-0.3, -0.25) is 9.59 Å². The van der Waals surface area contributed by atoms with Crippen molar-refractivity contribution in [3.05, 3.63) is 29.8 Å². The van der Waals surface area contributed by atoms with Crippen molar-refractivity contribution in [1.82, 2.24) is 5.32 Å². The fourth-order valence-corrected chi connectivity index (χ4v) is 1.81. The van der Waals surface area contributed by atoms with Crippen LogP contribution in [0.2, 0.25) is 0 Å². The lowest BCUT2D eigenvalue weighted by Crippen LogP contribution is -2.56. The van der Waals surface area contributed by atoms with Crippen LogP contribution < -0.4 is 10.6 Å². The summed E-state index contributed by atoms with van der Waals surface area (Å²) in [6.07, 6.45) is 0. The fourth-order valence-electron chi connectivity index (χ4n) is 1.81. The van der Waals surface area contributed by atoms with Gasteiger partial charge in [-0.2, -0.15) is 0 Å². The van der Waals surface area contributed by atoms with Crippen molar-refractivity contribution in [2.24, 2.45) is 5.92 Å². The van der Waals surface area contributed by atoms with E-state index in [1.165, 1.54) is 0 Å². The van der Waals surface area contributed by atoms with Crippen LogP contribution in [0.25, 0.3) is 0 Å². The highest BCUT2D eigenvalue weighted by Gasteiger charge is 2.41. The minimum absolute atomic E-state index is 0.0146. The Bertz CT molecular complexity index is 482. The third-order valence-corrected chi connectivity index (χ3v) is 3.42. The predicted octanol–water partition coefficient (Wildman–Crippen LogP) is 1.78. The van der Waals surface area contributed by atoms with Crippen LogP contribution in [-0.2, 0) is 4.79 Å². The Labute approximate surface area is 100 Å². The largest absolute Gasteiger partial charge is 0.338 e. The molecule has 90 valence electrons. The number of hydrogen-bond acceptors (Lipinski definition) is 2. The minimum atomic E-state index is -0.879. The van der Waals surface area contributed by atoms with Crippen molar-refractivity contribution in [3.63, 3.8) is 0 Å². The highest BCUT2D eigenvalue weighted by atomic mass is 16.2. The van der Waals surface area contributed by atoms with E-state index in [9.17, 15) is 9.59 Å². The second kappa shape index (κ2) is 3.87. The van der Waals surface area contributed by atoms with Gasteiger partial charge in [0.2, 0.25) is 5.91 Å². The topological polar surface area (TPSA) is 58.2 Å². The fraction of sp³-hybridized carbons (Fsp3) is 0.385. The quantitative estimate of drug-likeness (QED) is 0.775. The molecule has 1 heterocycles. The Morgan fingerprint density at radius 1 is 1.18 bits per heavy atom. The average molecular weight is 232 g/mol. The lowest BCUT2D eigenvalue weighted by atomic mass is 9.87. The number of para-hydroxylation sites is 1. The van der Waals surface area contributed by atoms with E-state index in [2.05, 4.69) is 10.6 Å². The maximum Gasteiger partial charge on any atom is 0.254 e. The second-order valence-corrected chi connectivity index (χ2v) is 4.81. The first-order valence-corrected chi connectivity index (χ1v) is 5.68. The molecule has 0 aliphatic carbocycles. The Morgan fingerprint density at radius 2 is 1.82 bits per heavy atom. The Hall–Kier alpha value is -1.84. The second-order valence-electron chi connectivity index (χ2n) is 4.81. The van der Waals surface area contributed by atoms with Crippen molar-refractivity contribution < 1.29 is 9.59 Å². The minimum Gasteiger partial charge on any atom is -0.338 e. The number of anilines is 1. The molecule has 0 radical (unpaired) electrons. The number of benzene rings is 1. The summed E-state index contributed by atoms with van der Waals surface area (Å²) in [7, 11) is 0. The molecule has 1 unspecified atom stereocenters. The van der Waals surface area contributed by atoms with Crippen LogP contribution in [0.3, 0.4) is 0 Å². The van der Waals surface area contributed by atoms with Gasteiger partial charge < -0.3 is 10.6 Å². The van der Waals surface area contributed by atoms with Crippen LogP contribution in [0.15, 0.2) is 24.3 Å². The monoisotopic (exact) mass is 232 g/mol. The third-order valence-electron chi connectivity index (χ3n) is 3.42. The SMILES string of the molecule is CC(C)C1(C)NC(=O)c2ccccc2NC1=O. The van der Waals surface area contributed by atoms with Crippen LogP contribution >= 0.6 is 0 Å². The number of nitrogens with one attached hydrogen (secondary N) is 2. The molecule has 0 saturated carbocycles. The zero-order valence-electron chi connectivity index (χ0n) is 10.2. The van der Waals surface area contributed by atoms with Gasteiger partial charge >= 0.3 is 0 Å². The van der Waals surface area contributed by atoms with Crippen LogP contribution in [0.5, 0.6) is 0 Å². The predicted molar refractivity (Wildman–Crippen MR) is 65.8 cm³/mol. The van der Waals surface area contributed by atoms with Gasteiger partial charge in [0.1, 0.15) is 5.54 Å². The molecule has 4 nitrogen and oxygen atoms in total. The molecule has 2 N–H and O–H groups in total. The van der Waals surface area contributed by atoms with E-state index < -0.39 is 5.54 Å². The first-order chi connectivity index (χ1) is 7.95. The molecule has 2 amide bonds. The lowest BCUT2D eigenvalue weighted by molar-refractivity contribution is -0.123. The zero-order valence-corrected chi connectivity index (χ0v) is 10.2. The van der Waals surface area contributed by atoms with E-state index >= 15 is 0 Å². The molecule has 0 bridgehead atoms.